The second-order valence-electron chi connectivity index (χ2n) is 4.23. The maximum Gasteiger partial charge on any atom is 0.318 e. The number of carbonyl (C=O) groups is 2. The van der Waals surface area contributed by atoms with Crippen LogP contribution in [0.3, 0.4) is 0 Å². The van der Waals surface area contributed by atoms with E-state index in [4.69, 9.17) is 5.11 Å². The Labute approximate surface area is 101 Å². The van der Waals surface area contributed by atoms with Crippen LogP contribution in [0.1, 0.15) is 26.2 Å². The van der Waals surface area contributed by atoms with Gasteiger partial charge >= 0.3 is 5.97 Å². The summed E-state index contributed by atoms with van der Waals surface area (Å²) in [5.74, 6) is -2.90. The number of hydrogen-bond acceptors (Lipinski definition) is 4. The number of rotatable bonds is 4. The van der Waals surface area contributed by atoms with Crippen LogP contribution in [0, 0.1) is 0 Å². The molecular weight excluding hydrogens is 246 g/mol. The Morgan fingerprint density at radius 1 is 1.24 bits per heavy atom. The zero-order valence-electron chi connectivity index (χ0n) is 9.76. The van der Waals surface area contributed by atoms with Crippen molar-refractivity contribution >= 4 is 21.7 Å². The van der Waals surface area contributed by atoms with E-state index in [0.29, 0.717) is 13.1 Å². The minimum absolute atomic E-state index is 0.481. The first kappa shape index (κ1) is 14.0. The molecule has 0 spiro atoms. The third-order valence-electron chi connectivity index (χ3n) is 2.88. The van der Waals surface area contributed by atoms with Gasteiger partial charge in [-0.05, 0) is 26.2 Å². The van der Waals surface area contributed by atoms with E-state index in [1.54, 1.807) is 0 Å². The molecule has 7 heteroatoms. The minimum Gasteiger partial charge on any atom is -0.480 e. The zero-order chi connectivity index (χ0) is 13.1. The summed E-state index contributed by atoms with van der Waals surface area (Å²) >= 11 is 0. The Morgan fingerprint density at radius 3 is 2.24 bits per heavy atom. The quantitative estimate of drug-likeness (QED) is 0.764. The molecule has 0 radical (unpaired) electrons. The molecule has 1 atom stereocenters. The summed E-state index contributed by atoms with van der Waals surface area (Å²) in [5.41, 5.74) is 0. The van der Waals surface area contributed by atoms with Crippen LogP contribution in [0.2, 0.25) is 0 Å². The number of hydrogen-bond donors (Lipinski definition) is 1. The molecule has 0 saturated carbocycles. The second-order valence-corrected chi connectivity index (χ2v) is 6.55. The van der Waals surface area contributed by atoms with E-state index >= 15 is 0 Å². The van der Waals surface area contributed by atoms with Gasteiger partial charge in [-0.3, -0.25) is 9.59 Å². The summed E-state index contributed by atoms with van der Waals surface area (Å²) in [6.07, 6.45) is 2.79. The number of aliphatic carboxylic acids is 1. The van der Waals surface area contributed by atoms with Gasteiger partial charge in [0.2, 0.25) is 5.91 Å². The molecule has 0 bridgehead atoms. The minimum atomic E-state index is -3.90. The zero-order valence-corrected chi connectivity index (χ0v) is 10.6. The monoisotopic (exact) mass is 263 g/mol. The molecule has 1 unspecified atom stereocenters. The molecule has 1 fully saturated rings. The van der Waals surface area contributed by atoms with Crippen molar-refractivity contribution in [1.29, 1.82) is 0 Å². The molecule has 1 N–H and O–H groups in total. The van der Waals surface area contributed by atoms with Crippen molar-refractivity contribution in [2.45, 2.75) is 31.4 Å². The standard InChI is InChI=1S/C10H17NO5S/c1-8(17(15,16)7-9(12)13)10(14)11-5-3-2-4-6-11/h8H,2-7H2,1H3,(H,12,13). The Bertz CT molecular complexity index is 397. The van der Waals surface area contributed by atoms with E-state index in [9.17, 15) is 18.0 Å². The molecule has 1 saturated heterocycles. The van der Waals surface area contributed by atoms with Crippen molar-refractivity contribution in [3.63, 3.8) is 0 Å². The predicted octanol–water partition coefficient (Wildman–Crippen LogP) is -0.113. The maximum atomic E-state index is 11.9. The van der Waals surface area contributed by atoms with Crippen LogP contribution in [0.4, 0.5) is 0 Å². The summed E-state index contributed by atoms with van der Waals surface area (Å²) in [7, 11) is -3.90. The first-order chi connectivity index (χ1) is 7.84. The van der Waals surface area contributed by atoms with Crippen molar-refractivity contribution in [1.82, 2.24) is 4.90 Å². The Balaban J connectivity index is 2.71. The van der Waals surface area contributed by atoms with Crippen LogP contribution in [0.15, 0.2) is 0 Å². The highest BCUT2D eigenvalue weighted by molar-refractivity contribution is 7.93. The van der Waals surface area contributed by atoms with Crippen molar-refractivity contribution in [3.8, 4) is 0 Å². The number of likely N-dealkylation sites (tertiary alicyclic amines) is 1. The number of carbonyl (C=O) groups excluding carboxylic acids is 1. The molecule has 1 heterocycles. The van der Waals surface area contributed by atoms with Crippen LogP contribution in [0.5, 0.6) is 0 Å². The van der Waals surface area contributed by atoms with E-state index in [2.05, 4.69) is 0 Å². The first-order valence-electron chi connectivity index (χ1n) is 5.57. The molecule has 1 amide bonds. The summed E-state index contributed by atoms with van der Waals surface area (Å²) in [6, 6.07) is 0. The second kappa shape index (κ2) is 5.48. The van der Waals surface area contributed by atoms with Crippen molar-refractivity contribution < 1.29 is 23.1 Å². The van der Waals surface area contributed by atoms with Gasteiger partial charge in [0, 0.05) is 13.1 Å². The number of piperidine rings is 1. The average molecular weight is 263 g/mol. The number of nitrogens with zero attached hydrogens (tertiary/aromatic N) is 1. The Kier molecular flexibility index (Phi) is 4.50. The van der Waals surface area contributed by atoms with Crippen LogP contribution < -0.4 is 0 Å². The summed E-state index contributed by atoms with van der Waals surface area (Å²) in [5, 5.41) is 7.22. The first-order valence-corrected chi connectivity index (χ1v) is 7.28. The lowest BCUT2D eigenvalue weighted by Gasteiger charge is -2.28. The van der Waals surface area contributed by atoms with Gasteiger partial charge in [0.1, 0.15) is 11.0 Å². The Hall–Kier alpha value is -1.11. The van der Waals surface area contributed by atoms with Gasteiger partial charge in [-0.2, -0.15) is 0 Å². The molecule has 17 heavy (non-hydrogen) atoms. The highest BCUT2D eigenvalue weighted by Gasteiger charge is 2.33. The summed E-state index contributed by atoms with van der Waals surface area (Å²) < 4.78 is 23.2. The van der Waals surface area contributed by atoms with Gasteiger partial charge in [-0.1, -0.05) is 0 Å². The topological polar surface area (TPSA) is 91.8 Å². The smallest absolute Gasteiger partial charge is 0.318 e. The fourth-order valence-corrected chi connectivity index (χ4v) is 2.87. The van der Waals surface area contributed by atoms with Crippen LogP contribution in [0.25, 0.3) is 0 Å². The largest absolute Gasteiger partial charge is 0.480 e. The van der Waals surface area contributed by atoms with Gasteiger partial charge < -0.3 is 10.0 Å². The maximum absolute atomic E-state index is 11.9. The fraction of sp³-hybridized carbons (Fsp3) is 0.800. The lowest BCUT2D eigenvalue weighted by molar-refractivity contribution is -0.134. The molecule has 98 valence electrons. The van der Waals surface area contributed by atoms with Crippen molar-refractivity contribution in [3.05, 3.63) is 0 Å². The van der Waals surface area contributed by atoms with Crippen LogP contribution in [-0.4, -0.2) is 54.4 Å². The summed E-state index contributed by atoms with van der Waals surface area (Å²) in [6.45, 7) is 2.38. The highest BCUT2D eigenvalue weighted by atomic mass is 32.2. The third kappa shape index (κ3) is 3.69. The van der Waals surface area contributed by atoms with Gasteiger partial charge in [0.25, 0.3) is 0 Å². The van der Waals surface area contributed by atoms with Gasteiger partial charge in [0.05, 0.1) is 0 Å². The molecule has 1 aliphatic rings. The average Bonchev–Trinajstić information content (AvgIpc) is 2.26. The molecule has 0 aromatic rings. The van der Waals surface area contributed by atoms with Gasteiger partial charge in [0.15, 0.2) is 9.84 Å². The van der Waals surface area contributed by atoms with E-state index in [1.807, 2.05) is 0 Å². The van der Waals surface area contributed by atoms with Crippen molar-refractivity contribution in [2.24, 2.45) is 0 Å². The molecule has 1 aliphatic heterocycles. The van der Waals surface area contributed by atoms with Gasteiger partial charge in [-0.25, -0.2) is 8.42 Å². The van der Waals surface area contributed by atoms with Crippen molar-refractivity contribution in [2.75, 3.05) is 18.8 Å². The Morgan fingerprint density at radius 2 is 1.76 bits per heavy atom. The van der Waals surface area contributed by atoms with E-state index in [1.165, 1.54) is 11.8 Å². The number of sulfone groups is 1. The van der Waals surface area contributed by atoms with E-state index < -0.39 is 32.7 Å². The fourth-order valence-electron chi connectivity index (χ4n) is 1.82. The molecule has 0 aliphatic carbocycles. The molecule has 0 aromatic carbocycles. The van der Waals surface area contributed by atoms with Gasteiger partial charge in [-0.15, -0.1) is 0 Å². The van der Waals surface area contributed by atoms with Crippen LogP contribution in [-0.2, 0) is 19.4 Å². The highest BCUT2D eigenvalue weighted by Crippen LogP contribution is 2.13. The van der Waals surface area contributed by atoms with Crippen LogP contribution >= 0.6 is 0 Å². The summed E-state index contributed by atoms with van der Waals surface area (Å²) in [4.78, 5) is 23.8. The SMILES string of the molecule is CC(C(=O)N1CCCCC1)S(=O)(=O)CC(=O)O. The molecule has 1 rings (SSSR count). The number of amides is 1. The number of carboxylic acids is 1. The lowest BCUT2D eigenvalue weighted by Crippen LogP contribution is -2.45. The molecule has 0 aromatic heterocycles. The lowest BCUT2D eigenvalue weighted by atomic mass is 10.1. The number of carboxylic acid groups (broad SMARTS) is 1. The molecular formula is C10H17NO5S. The van der Waals surface area contributed by atoms with E-state index in [0.717, 1.165) is 19.3 Å². The normalized spacial score (nSPS) is 18.8. The van der Waals surface area contributed by atoms with E-state index in [-0.39, 0.29) is 0 Å². The predicted molar refractivity (Wildman–Crippen MR) is 61.3 cm³/mol. The third-order valence-corrected chi connectivity index (χ3v) is 4.81. The molecule has 6 nitrogen and oxygen atoms in total.